The number of rotatable bonds is 5. The van der Waals surface area contributed by atoms with Crippen molar-refractivity contribution in [2.75, 3.05) is 26.4 Å². The predicted molar refractivity (Wildman–Crippen MR) is 55.2 cm³/mol. The Hall–Kier alpha value is -0.120. The molecule has 0 radical (unpaired) electrons. The summed E-state index contributed by atoms with van der Waals surface area (Å²) in [6.07, 6.45) is 1.49. The first-order chi connectivity index (χ1) is 6.70. The summed E-state index contributed by atoms with van der Waals surface area (Å²) in [7, 11) is 0. The molecule has 0 amide bonds. The SMILES string of the molecule is CC(C)COCCC1COCCC1O. The van der Waals surface area contributed by atoms with Gasteiger partial charge in [-0.3, -0.25) is 0 Å². The van der Waals surface area contributed by atoms with E-state index < -0.39 is 0 Å². The van der Waals surface area contributed by atoms with Crippen LogP contribution < -0.4 is 0 Å². The summed E-state index contributed by atoms with van der Waals surface area (Å²) in [5.74, 6) is 0.860. The van der Waals surface area contributed by atoms with Crippen LogP contribution in [0.1, 0.15) is 26.7 Å². The Labute approximate surface area is 86.4 Å². The fraction of sp³-hybridized carbons (Fsp3) is 1.00. The number of aliphatic hydroxyl groups is 1. The van der Waals surface area contributed by atoms with E-state index in [4.69, 9.17) is 9.47 Å². The fourth-order valence-corrected chi connectivity index (χ4v) is 1.62. The highest BCUT2D eigenvalue weighted by atomic mass is 16.5. The van der Waals surface area contributed by atoms with Gasteiger partial charge in [-0.15, -0.1) is 0 Å². The van der Waals surface area contributed by atoms with Gasteiger partial charge in [0.05, 0.1) is 12.7 Å². The molecular weight excluding hydrogens is 180 g/mol. The van der Waals surface area contributed by atoms with Crippen LogP contribution in [0.2, 0.25) is 0 Å². The second-order valence-corrected chi connectivity index (χ2v) is 4.45. The van der Waals surface area contributed by atoms with E-state index in [-0.39, 0.29) is 12.0 Å². The van der Waals surface area contributed by atoms with Crippen molar-refractivity contribution in [1.82, 2.24) is 0 Å². The third kappa shape index (κ3) is 4.40. The van der Waals surface area contributed by atoms with Crippen molar-refractivity contribution < 1.29 is 14.6 Å². The van der Waals surface area contributed by atoms with Gasteiger partial charge in [0, 0.05) is 25.7 Å². The maximum Gasteiger partial charge on any atom is 0.0613 e. The molecule has 2 atom stereocenters. The van der Waals surface area contributed by atoms with Crippen LogP contribution in [-0.2, 0) is 9.47 Å². The van der Waals surface area contributed by atoms with Crippen molar-refractivity contribution in [2.45, 2.75) is 32.8 Å². The van der Waals surface area contributed by atoms with Crippen molar-refractivity contribution in [1.29, 1.82) is 0 Å². The van der Waals surface area contributed by atoms with Crippen LogP contribution >= 0.6 is 0 Å². The average molecular weight is 202 g/mol. The number of aliphatic hydroxyl groups excluding tert-OH is 1. The Kier molecular flexibility index (Phi) is 5.45. The monoisotopic (exact) mass is 202 g/mol. The molecule has 0 saturated carbocycles. The standard InChI is InChI=1S/C11H22O3/c1-9(2)7-13-5-3-10-8-14-6-4-11(10)12/h9-12H,3-8H2,1-2H3. The molecule has 0 aromatic rings. The van der Waals surface area contributed by atoms with Gasteiger partial charge in [0.1, 0.15) is 0 Å². The van der Waals surface area contributed by atoms with E-state index in [0.717, 1.165) is 26.1 Å². The normalized spacial score (nSPS) is 28.3. The van der Waals surface area contributed by atoms with Gasteiger partial charge in [-0.1, -0.05) is 13.8 Å². The molecule has 3 nitrogen and oxygen atoms in total. The number of ether oxygens (including phenoxy) is 2. The lowest BCUT2D eigenvalue weighted by Gasteiger charge is -2.27. The topological polar surface area (TPSA) is 38.7 Å². The molecule has 0 aromatic heterocycles. The van der Waals surface area contributed by atoms with Crippen molar-refractivity contribution in [3.63, 3.8) is 0 Å². The molecule has 1 saturated heterocycles. The third-order valence-electron chi connectivity index (χ3n) is 2.52. The highest BCUT2D eigenvalue weighted by Gasteiger charge is 2.23. The summed E-state index contributed by atoms with van der Waals surface area (Å²) in [5, 5.41) is 9.64. The molecule has 0 bridgehead atoms. The maximum atomic E-state index is 9.64. The Morgan fingerprint density at radius 2 is 2.29 bits per heavy atom. The smallest absolute Gasteiger partial charge is 0.0613 e. The van der Waals surface area contributed by atoms with E-state index in [9.17, 15) is 5.11 Å². The summed E-state index contributed by atoms with van der Waals surface area (Å²) in [6.45, 7) is 7.21. The molecular formula is C11H22O3. The quantitative estimate of drug-likeness (QED) is 0.686. The lowest BCUT2D eigenvalue weighted by atomic mass is 9.96. The summed E-state index contributed by atoms with van der Waals surface area (Å²) < 4.78 is 10.8. The minimum atomic E-state index is -0.189. The second kappa shape index (κ2) is 6.38. The minimum Gasteiger partial charge on any atom is -0.393 e. The van der Waals surface area contributed by atoms with E-state index in [1.807, 2.05) is 0 Å². The molecule has 1 N–H and O–H groups in total. The molecule has 0 aliphatic carbocycles. The molecule has 14 heavy (non-hydrogen) atoms. The second-order valence-electron chi connectivity index (χ2n) is 4.45. The van der Waals surface area contributed by atoms with Gasteiger partial charge < -0.3 is 14.6 Å². The van der Waals surface area contributed by atoms with Crippen molar-refractivity contribution in [3.05, 3.63) is 0 Å². The zero-order valence-electron chi connectivity index (χ0n) is 9.24. The highest BCUT2D eigenvalue weighted by molar-refractivity contribution is 4.72. The lowest BCUT2D eigenvalue weighted by Crippen LogP contribution is -2.32. The molecule has 0 spiro atoms. The molecule has 84 valence electrons. The molecule has 0 aromatic carbocycles. The first kappa shape index (κ1) is 12.0. The molecule has 3 heteroatoms. The summed E-state index contributed by atoms with van der Waals surface area (Å²) in [5.41, 5.74) is 0. The Bertz CT molecular complexity index is 147. The summed E-state index contributed by atoms with van der Waals surface area (Å²) >= 11 is 0. The van der Waals surface area contributed by atoms with Gasteiger partial charge in [0.2, 0.25) is 0 Å². The zero-order chi connectivity index (χ0) is 10.4. The average Bonchev–Trinajstić information content (AvgIpc) is 2.15. The van der Waals surface area contributed by atoms with E-state index in [1.54, 1.807) is 0 Å². The highest BCUT2D eigenvalue weighted by Crippen LogP contribution is 2.17. The van der Waals surface area contributed by atoms with Crippen molar-refractivity contribution in [3.8, 4) is 0 Å². The van der Waals surface area contributed by atoms with Gasteiger partial charge in [0.25, 0.3) is 0 Å². The summed E-state index contributed by atoms with van der Waals surface area (Å²) in [4.78, 5) is 0. The van der Waals surface area contributed by atoms with Crippen LogP contribution in [0.15, 0.2) is 0 Å². The Balaban J connectivity index is 2.04. The number of hydrogen-bond donors (Lipinski definition) is 1. The van der Waals surface area contributed by atoms with Crippen LogP contribution in [0.25, 0.3) is 0 Å². The van der Waals surface area contributed by atoms with Gasteiger partial charge in [0.15, 0.2) is 0 Å². The van der Waals surface area contributed by atoms with Crippen LogP contribution in [0.5, 0.6) is 0 Å². The first-order valence-corrected chi connectivity index (χ1v) is 5.53. The predicted octanol–water partition coefficient (Wildman–Crippen LogP) is 1.45. The van der Waals surface area contributed by atoms with Crippen LogP contribution in [0.3, 0.4) is 0 Å². The molecule has 1 fully saturated rings. The summed E-state index contributed by atoms with van der Waals surface area (Å²) in [6, 6.07) is 0. The first-order valence-electron chi connectivity index (χ1n) is 5.53. The minimum absolute atomic E-state index is 0.189. The van der Waals surface area contributed by atoms with Gasteiger partial charge >= 0.3 is 0 Å². The van der Waals surface area contributed by atoms with Crippen LogP contribution in [0.4, 0.5) is 0 Å². The van der Waals surface area contributed by atoms with E-state index >= 15 is 0 Å². The van der Waals surface area contributed by atoms with Crippen LogP contribution in [-0.4, -0.2) is 37.6 Å². The maximum absolute atomic E-state index is 9.64. The number of hydrogen-bond acceptors (Lipinski definition) is 3. The Morgan fingerprint density at radius 1 is 1.50 bits per heavy atom. The molecule has 1 aliphatic rings. The van der Waals surface area contributed by atoms with E-state index in [1.165, 1.54) is 0 Å². The third-order valence-corrected chi connectivity index (χ3v) is 2.52. The molecule has 2 unspecified atom stereocenters. The largest absolute Gasteiger partial charge is 0.393 e. The Morgan fingerprint density at radius 3 is 2.93 bits per heavy atom. The fourth-order valence-electron chi connectivity index (χ4n) is 1.62. The van der Waals surface area contributed by atoms with Gasteiger partial charge in [-0.05, 0) is 18.8 Å². The zero-order valence-corrected chi connectivity index (χ0v) is 9.24. The van der Waals surface area contributed by atoms with E-state index in [0.29, 0.717) is 19.1 Å². The van der Waals surface area contributed by atoms with Crippen molar-refractivity contribution in [2.24, 2.45) is 11.8 Å². The van der Waals surface area contributed by atoms with Gasteiger partial charge in [-0.25, -0.2) is 0 Å². The van der Waals surface area contributed by atoms with Gasteiger partial charge in [-0.2, -0.15) is 0 Å². The molecule has 1 heterocycles. The van der Waals surface area contributed by atoms with E-state index in [2.05, 4.69) is 13.8 Å². The van der Waals surface area contributed by atoms with Crippen LogP contribution in [0, 0.1) is 11.8 Å². The molecule has 1 aliphatic heterocycles. The lowest BCUT2D eigenvalue weighted by molar-refractivity contribution is -0.0477. The van der Waals surface area contributed by atoms with Crippen molar-refractivity contribution >= 4 is 0 Å². The molecule has 1 rings (SSSR count).